The van der Waals surface area contributed by atoms with Gasteiger partial charge in [0, 0.05) is 19.1 Å². The summed E-state index contributed by atoms with van der Waals surface area (Å²) < 4.78 is 25.7. The third-order valence-corrected chi connectivity index (χ3v) is 4.95. The van der Waals surface area contributed by atoms with E-state index in [9.17, 15) is 8.42 Å². The smallest absolute Gasteiger partial charge is 0.216 e. The molecule has 4 nitrogen and oxygen atoms in total. The van der Waals surface area contributed by atoms with Gasteiger partial charge in [-0.05, 0) is 26.7 Å². The Balaban J connectivity index is 4.95. The van der Waals surface area contributed by atoms with E-state index in [1.165, 1.54) is 0 Å². The van der Waals surface area contributed by atoms with Gasteiger partial charge >= 0.3 is 0 Å². The topological polar surface area (TPSA) is 63.4 Å². The van der Waals surface area contributed by atoms with Gasteiger partial charge in [-0.25, -0.2) is 8.42 Å². The second-order valence-electron chi connectivity index (χ2n) is 3.96. The molecule has 0 fully saturated rings. The van der Waals surface area contributed by atoms with Crippen LogP contribution < -0.4 is 5.73 Å². The summed E-state index contributed by atoms with van der Waals surface area (Å²) in [7, 11) is -3.17. The van der Waals surface area contributed by atoms with Crippen molar-refractivity contribution >= 4 is 10.0 Å². The molecule has 0 aromatic heterocycles. The Morgan fingerprint density at radius 3 is 1.93 bits per heavy atom. The second kappa shape index (κ2) is 6.45. The van der Waals surface area contributed by atoms with Crippen molar-refractivity contribution in [2.75, 3.05) is 13.1 Å². The average Bonchev–Trinajstić information content (AvgIpc) is 2.18. The molecule has 0 bridgehead atoms. The number of nitrogens with two attached hydrogens (primary N) is 1. The van der Waals surface area contributed by atoms with Gasteiger partial charge in [0.15, 0.2) is 0 Å². The fraction of sp³-hybridized carbons (Fsp3) is 1.00. The van der Waals surface area contributed by atoms with E-state index in [0.717, 1.165) is 12.8 Å². The van der Waals surface area contributed by atoms with E-state index in [-0.39, 0.29) is 11.3 Å². The Kier molecular flexibility index (Phi) is 6.40. The highest BCUT2D eigenvalue weighted by molar-refractivity contribution is 7.89. The predicted molar refractivity (Wildman–Crippen MR) is 64.2 cm³/mol. The highest BCUT2D eigenvalue weighted by atomic mass is 32.2. The molecule has 0 aromatic carbocycles. The first kappa shape index (κ1) is 14.9. The normalized spacial score (nSPS) is 13.1. The number of sulfonamides is 1. The minimum atomic E-state index is -3.17. The van der Waals surface area contributed by atoms with Gasteiger partial charge in [0.2, 0.25) is 10.0 Å². The molecule has 0 aliphatic heterocycles. The molecule has 0 heterocycles. The zero-order chi connectivity index (χ0) is 12.1. The van der Waals surface area contributed by atoms with Crippen LogP contribution in [-0.4, -0.2) is 37.1 Å². The minimum Gasteiger partial charge on any atom is -0.329 e. The van der Waals surface area contributed by atoms with E-state index in [0.29, 0.717) is 13.1 Å². The molecular weight excluding hydrogens is 212 g/mol. The lowest BCUT2D eigenvalue weighted by Crippen LogP contribution is -2.45. The molecule has 0 saturated carbocycles. The van der Waals surface area contributed by atoms with E-state index in [1.807, 2.05) is 13.8 Å². The van der Waals surface area contributed by atoms with Crippen molar-refractivity contribution in [1.29, 1.82) is 0 Å². The molecular formula is C10H24N2O2S. The van der Waals surface area contributed by atoms with Crippen LogP contribution in [0.4, 0.5) is 0 Å². The summed E-state index contributed by atoms with van der Waals surface area (Å²) in [6.07, 6.45) is 1.67. The predicted octanol–water partition coefficient (Wildman–Crippen LogP) is 1.17. The summed E-state index contributed by atoms with van der Waals surface area (Å²) in [5, 5.41) is -0.371. The van der Waals surface area contributed by atoms with Crippen molar-refractivity contribution in [2.45, 2.75) is 51.8 Å². The van der Waals surface area contributed by atoms with Crippen LogP contribution in [0.1, 0.15) is 40.5 Å². The fourth-order valence-electron chi connectivity index (χ4n) is 1.61. The van der Waals surface area contributed by atoms with Gasteiger partial charge in [-0.15, -0.1) is 0 Å². The Morgan fingerprint density at radius 1 is 1.20 bits per heavy atom. The van der Waals surface area contributed by atoms with E-state index in [4.69, 9.17) is 5.73 Å². The highest BCUT2D eigenvalue weighted by Crippen LogP contribution is 2.16. The second-order valence-corrected chi connectivity index (χ2v) is 6.41. The summed E-state index contributed by atoms with van der Waals surface area (Å²) in [4.78, 5) is 0. The Hall–Kier alpha value is -0.130. The van der Waals surface area contributed by atoms with Crippen LogP contribution in [0.5, 0.6) is 0 Å². The first-order valence-electron chi connectivity index (χ1n) is 5.62. The van der Waals surface area contributed by atoms with Gasteiger partial charge in [-0.3, -0.25) is 0 Å². The quantitative estimate of drug-likeness (QED) is 0.722. The lowest BCUT2D eigenvalue weighted by Gasteiger charge is -2.30. The molecule has 0 amide bonds. The van der Waals surface area contributed by atoms with Gasteiger partial charge in [0.05, 0.1) is 5.25 Å². The van der Waals surface area contributed by atoms with Crippen LogP contribution in [0.25, 0.3) is 0 Å². The number of hydrogen-bond acceptors (Lipinski definition) is 3. The van der Waals surface area contributed by atoms with E-state index >= 15 is 0 Å². The van der Waals surface area contributed by atoms with Crippen molar-refractivity contribution in [3.8, 4) is 0 Å². The van der Waals surface area contributed by atoms with Crippen LogP contribution in [0.3, 0.4) is 0 Å². The summed E-state index contributed by atoms with van der Waals surface area (Å²) in [6.45, 7) is 8.23. The maximum Gasteiger partial charge on any atom is 0.216 e. The zero-order valence-corrected chi connectivity index (χ0v) is 11.0. The van der Waals surface area contributed by atoms with E-state index in [2.05, 4.69) is 0 Å². The molecule has 0 aliphatic carbocycles. The summed E-state index contributed by atoms with van der Waals surface area (Å²) >= 11 is 0. The highest BCUT2D eigenvalue weighted by Gasteiger charge is 2.29. The lowest BCUT2D eigenvalue weighted by atomic mass is 10.2. The molecule has 0 aromatic rings. The van der Waals surface area contributed by atoms with Crippen molar-refractivity contribution < 1.29 is 8.42 Å². The van der Waals surface area contributed by atoms with Crippen LogP contribution in [0.15, 0.2) is 0 Å². The maximum atomic E-state index is 12.1. The number of hydrogen-bond donors (Lipinski definition) is 1. The van der Waals surface area contributed by atoms with Gasteiger partial charge in [-0.2, -0.15) is 4.31 Å². The van der Waals surface area contributed by atoms with Crippen LogP contribution in [0, 0.1) is 0 Å². The molecule has 0 saturated heterocycles. The monoisotopic (exact) mass is 236 g/mol. The third kappa shape index (κ3) is 3.74. The van der Waals surface area contributed by atoms with Crippen LogP contribution >= 0.6 is 0 Å². The van der Waals surface area contributed by atoms with Crippen molar-refractivity contribution in [1.82, 2.24) is 4.31 Å². The molecule has 2 N–H and O–H groups in total. The first-order chi connectivity index (χ1) is 6.91. The van der Waals surface area contributed by atoms with Gasteiger partial charge in [0.1, 0.15) is 0 Å². The number of rotatable bonds is 7. The largest absolute Gasteiger partial charge is 0.329 e. The molecule has 0 spiro atoms. The Morgan fingerprint density at radius 2 is 1.67 bits per heavy atom. The van der Waals surface area contributed by atoms with Gasteiger partial charge in [0.25, 0.3) is 0 Å². The van der Waals surface area contributed by atoms with Crippen LogP contribution in [0.2, 0.25) is 0 Å². The Labute approximate surface area is 93.9 Å². The summed E-state index contributed by atoms with van der Waals surface area (Å²) in [6, 6.07) is 0.0842. The third-order valence-electron chi connectivity index (χ3n) is 2.62. The van der Waals surface area contributed by atoms with Gasteiger partial charge < -0.3 is 5.73 Å². The lowest BCUT2D eigenvalue weighted by molar-refractivity contribution is 0.307. The van der Waals surface area contributed by atoms with Crippen molar-refractivity contribution in [3.63, 3.8) is 0 Å². The molecule has 0 unspecified atom stereocenters. The molecule has 0 atom stereocenters. The van der Waals surface area contributed by atoms with E-state index < -0.39 is 10.0 Å². The minimum absolute atomic E-state index is 0.0842. The van der Waals surface area contributed by atoms with Crippen molar-refractivity contribution in [2.24, 2.45) is 5.73 Å². The van der Waals surface area contributed by atoms with E-state index in [1.54, 1.807) is 18.2 Å². The zero-order valence-electron chi connectivity index (χ0n) is 10.2. The number of nitrogens with zero attached hydrogens (tertiary/aromatic N) is 1. The molecule has 92 valence electrons. The standard InChI is InChI=1S/C10H24N2O2S/c1-5-10(6-2)12(8-7-11)15(13,14)9(3)4/h9-10H,5-8,11H2,1-4H3. The first-order valence-corrected chi connectivity index (χ1v) is 7.12. The summed E-state index contributed by atoms with van der Waals surface area (Å²) in [5.41, 5.74) is 5.47. The maximum absolute atomic E-state index is 12.1. The SMILES string of the molecule is CCC(CC)N(CCN)S(=O)(=O)C(C)C. The molecule has 0 rings (SSSR count). The molecule has 15 heavy (non-hydrogen) atoms. The molecule has 0 aliphatic rings. The average molecular weight is 236 g/mol. The van der Waals surface area contributed by atoms with Crippen molar-refractivity contribution in [3.05, 3.63) is 0 Å². The van der Waals surface area contributed by atoms with Gasteiger partial charge in [-0.1, -0.05) is 13.8 Å². The van der Waals surface area contributed by atoms with Crippen LogP contribution in [-0.2, 0) is 10.0 Å². The summed E-state index contributed by atoms with van der Waals surface area (Å²) in [5.74, 6) is 0. The fourth-order valence-corrected chi connectivity index (χ4v) is 3.23. The molecule has 5 heteroatoms. The Bertz CT molecular complexity index is 259. The molecule has 0 radical (unpaired) electrons.